The van der Waals surface area contributed by atoms with Gasteiger partial charge in [-0.05, 0) is 43.1 Å². The Hall–Kier alpha value is -2.04. The van der Waals surface area contributed by atoms with Gasteiger partial charge in [0.15, 0.2) is 0 Å². The predicted octanol–water partition coefficient (Wildman–Crippen LogP) is 3.60. The molecule has 2 aromatic carbocycles. The molecular formula is C20H27ClN2O2. The van der Waals surface area contributed by atoms with Gasteiger partial charge in [-0.3, -0.25) is 4.79 Å². The standard InChI is InChI=1S/C20H26N2O2.ClH/c1-16(18-9-11-19(24-2)12-10-18)20(23)22(14-6-13-21)15-17-7-4-3-5-8-17;/h3-5,7-12,16H,6,13-15,21H2,1-2H3;1H. The first-order chi connectivity index (χ1) is 11.7. The topological polar surface area (TPSA) is 55.6 Å². The third kappa shape index (κ3) is 6.07. The van der Waals surface area contributed by atoms with Crippen LogP contribution in [0.3, 0.4) is 0 Å². The monoisotopic (exact) mass is 362 g/mol. The Kier molecular flexibility index (Phi) is 9.03. The quantitative estimate of drug-likeness (QED) is 0.780. The number of nitrogens with two attached hydrogens (primary N) is 1. The van der Waals surface area contributed by atoms with E-state index in [1.54, 1.807) is 7.11 Å². The predicted molar refractivity (Wildman–Crippen MR) is 104 cm³/mol. The number of carbonyl (C=O) groups excluding carboxylic acids is 1. The summed E-state index contributed by atoms with van der Waals surface area (Å²) in [5, 5.41) is 0. The summed E-state index contributed by atoms with van der Waals surface area (Å²) in [6.45, 7) is 3.81. The third-order valence-electron chi connectivity index (χ3n) is 4.15. The summed E-state index contributed by atoms with van der Waals surface area (Å²) in [5.41, 5.74) is 7.76. The smallest absolute Gasteiger partial charge is 0.230 e. The van der Waals surface area contributed by atoms with Crippen LogP contribution in [0.2, 0.25) is 0 Å². The van der Waals surface area contributed by atoms with Crippen molar-refractivity contribution in [1.82, 2.24) is 4.90 Å². The molecule has 0 saturated heterocycles. The number of nitrogens with zero attached hydrogens (tertiary/aromatic N) is 1. The maximum absolute atomic E-state index is 13.0. The minimum atomic E-state index is -0.197. The molecule has 2 rings (SSSR count). The Morgan fingerprint density at radius 2 is 1.76 bits per heavy atom. The Labute approximate surface area is 156 Å². The zero-order valence-corrected chi connectivity index (χ0v) is 15.7. The zero-order valence-electron chi connectivity index (χ0n) is 14.9. The maximum atomic E-state index is 13.0. The number of carbonyl (C=O) groups is 1. The summed E-state index contributed by atoms with van der Waals surface area (Å²) in [6.07, 6.45) is 0.800. The van der Waals surface area contributed by atoms with Gasteiger partial charge in [0.05, 0.1) is 13.0 Å². The van der Waals surface area contributed by atoms with Crippen molar-refractivity contribution in [3.05, 3.63) is 65.7 Å². The van der Waals surface area contributed by atoms with Crippen LogP contribution in [0.25, 0.3) is 0 Å². The first-order valence-electron chi connectivity index (χ1n) is 8.32. The zero-order chi connectivity index (χ0) is 17.4. The van der Waals surface area contributed by atoms with E-state index in [4.69, 9.17) is 10.5 Å². The van der Waals surface area contributed by atoms with Crippen molar-refractivity contribution >= 4 is 18.3 Å². The van der Waals surface area contributed by atoms with E-state index < -0.39 is 0 Å². The second-order valence-electron chi connectivity index (χ2n) is 5.88. The minimum Gasteiger partial charge on any atom is -0.497 e. The Morgan fingerprint density at radius 3 is 2.32 bits per heavy atom. The van der Waals surface area contributed by atoms with E-state index in [1.807, 2.05) is 66.4 Å². The molecule has 0 radical (unpaired) electrons. The van der Waals surface area contributed by atoms with Crippen LogP contribution in [0.5, 0.6) is 5.75 Å². The van der Waals surface area contributed by atoms with E-state index in [9.17, 15) is 4.79 Å². The number of halogens is 1. The Morgan fingerprint density at radius 1 is 1.12 bits per heavy atom. The summed E-state index contributed by atoms with van der Waals surface area (Å²) in [4.78, 5) is 14.9. The van der Waals surface area contributed by atoms with Gasteiger partial charge in [-0.2, -0.15) is 0 Å². The molecule has 0 aromatic heterocycles. The van der Waals surface area contributed by atoms with Crippen molar-refractivity contribution in [3.63, 3.8) is 0 Å². The third-order valence-corrected chi connectivity index (χ3v) is 4.15. The molecule has 1 atom stereocenters. The van der Waals surface area contributed by atoms with Crippen LogP contribution in [-0.2, 0) is 11.3 Å². The molecule has 4 nitrogen and oxygen atoms in total. The van der Waals surface area contributed by atoms with Crippen LogP contribution in [0.15, 0.2) is 54.6 Å². The second-order valence-corrected chi connectivity index (χ2v) is 5.88. The van der Waals surface area contributed by atoms with Gasteiger partial charge in [-0.15, -0.1) is 12.4 Å². The van der Waals surface area contributed by atoms with E-state index in [-0.39, 0.29) is 24.2 Å². The average Bonchev–Trinajstić information content (AvgIpc) is 2.65. The van der Waals surface area contributed by atoms with Crippen LogP contribution < -0.4 is 10.5 Å². The number of hydrogen-bond acceptors (Lipinski definition) is 3. The van der Waals surface area contributed by atoms with Gasteiger partial charge in [0.1, 0.15) is 5.75 Å². The van der Waals surface area contributed by atoms with Crippen LogP contribution in [0, 0.1) is 0 Å². The highest BCUT2D eigenvalue weighted by Gasteiger charge is 2.22. The van der Waals surface area contributed by atoms with Crippen LogP contribution in [0.1, 0.15) is 30.4 Å². The molecule has 0 bridgehead atoms. The fourth-order valence-corrected chi connectivity index (χ4v) is 2.66. The first kappa shape index (κ1) is 21.0. The Balaban J connectivity index is 0.00000312. The molecule has 0 heterocycles. The van der Waals surface area contributed by atoms with Gasteiger partial charge in [-0.1, -0.05) is 42.5 Å². The van der Waals surface area contributed by atoms with Gasteiger partial charge in [0.2, 0.25) is 5.91 Å². The van der Waals surface area contributed by atoms with Crippen LogP contribution in [-0.4, -0.2) is 31.0 Å². The highest BCUT2D eigenvalue weighted by atomic mass is 35.5. The lowest BCUT2D eigenvalue weighted by molar-refractivity contribution is -0.133. The fraction of sp³-hybridized carbons (Fsp3) is 0.350. The number of ether oxygens (including phenoxy) is 1. The highest BCUT2D eigenvalue weighted by molar-refractivity contribution is 5.85. The van der Waals surface area contributed by atoms with Crippen molar-refractivity contribution in [2.24, 2.45) is 5.73 Å². The molecule has 2 aromatic rings. The summed E-state index contributed by atoms with van der Waals surface area (Å²) in [5.74, 6) is 0.720. The molecule has 5 heteroatoms. The molecule has 0 saturated carbocycles. The van der Waals surface area contributed by atoms with E-state index >= 15 is 0 Å². The van der Waals surface area contributed by atoms with Gasteiger partial charge in [0, 0.05) is 13.1 Å². The lowest BCUT2D eigenvalue weighted by Crippen LogP contribution is -2.35. The normalized spacial score (nSPS) is 11.3. The van der Waals surface area contributed by atoms with Gasteiger partial charge in [-0.25, -0.2) is 0 Å². The summed E-state index contributed by atoms with van der Waals surface area (Å²) in [6, 6.07) is 17.7. The molecule has 136 valence electrons. The molecule has 1 unspecified atom stereocenters. The number of methoxy groups -OCH3 is 1. The average molecular weight is 363 g/mol. The highest BCUT2D eigenvalue weighted by Crippen LogP contribution is 2.22. The van der Waals surface area contributed by atoms with Crippen molar-refractivity contribution in [2.45, 2.75) is 25.8 Å². The molecule has 2 N–H and O–H groups in total. The van der Waals surface area contributed by atoms with Gasteiger partial charge < -0.3 is 15.4 Å². The van der Waals surface area contributed by atoms with Crippen molar-refractivity contribution in [1.29, 1.82) is 0 Å². The minimum absolute atomic E-state index is 0. The first-order valence-corrected chi connectivity index (χ1v) is 8.32. The molecule has 0 aliphatic heterocycles. The van der Waals surface area contributed by atoms with Crippen LogP contribution in [0.4, 0.5) is 0 Å². The lowest BCUT2D eigenvalue weighted by atomic mass is 9.99. The number of rotatable bonds is 8. The van der Waals surface area contributed by atoms with Crippen molar-refractivity contribution in [2.75, 3.05) is 20.2 Å². The molecule has 0 aliphatic rings. The molecular weight excluding hydrogens is 336 g/mol. The molecule has 0 aliphatic carbocycles. The number of hydrogen-bond donors (Lipinski definition) is 1. The van der Waals surface area contributed by atoms with Crippen LogP contribution >= 0.6 is 12.4 Å². The number of benzene rings is 2. The summed E-state index contributed by atoms with van der Waals surface area (Å²) in [7, 11) is 1.64. The van der Waals surface area contributed by atoms with E-state index in [2.05, 4.69) is 0 Å². The van der Waals surface area contributed by atoms with E-state index in [0.717, 1.165) is 23.3 Å². The summed E-state index contributed by atoms with van der Waals surface area (Å²) < 4.78 is 5.18. The van der Waals surface area contributed by atoms with Crippen molar-refractivity contribution < 1.29 is 9.53 Å². The fourth-order valence-electron chi connectivity index (χ4n) is 2.66. The van der Waals surface area contributed by atoms with Gasteiger partial charge in [0.25, 0.3) is 0 Å². The molecule has 25 heavy (non-hydrogen) atoms. The molecule has 0 spiro atoms. The second kappa shape index (κ2) is 10.7. The lowest BCUT2D eigenvalue weighted by Gasteiger charge is -2.26. The Bertz CT molecular complexity index is 632. The molecule has 1 amide bonds. The maximum Gasteiger partial charge on any atom is 0.230 e. The largest absolute Gasteiger partial charge is 0.497 e. The summed E-state index contributed by atoms with van der Waals surface area (Å²) >= 11 is 0. The van der Waals surface area contributed by atoms with Crippen molar-refractivity contribution in [3.8, 4) is 5.75 Å². The number of amides is 1. The van der Waals surface area contributed by atoms with Gasteiger partial charge >= 0.3 is 0 Å². The SMILES string of the molecule is COc1ccc(C(C)C(=O)N(CCCN)Cc2ccccc2)cc1.Cl. The van der Waals surface area contributed by atoms with E-state index in [0.29, 0.717) is 19.6 Å². The molecule has 0 fully saturated rings. The van der Waals surface area contributed by atoms with E-state index in [1.165, 1.54) is 0 Å².